The Morgan fingerprint density at radius 3 is 2.83 bits per heavy atom. The Kier molecular flexibility index (Phi) is 7.31. The summed E-state index contributed by atoms with van der Waals surface area (Å²) in [6, 6.07) is 8.34. The molecular formula is C29H38N8O3. The molecule has 2 aliphatic rings. The molecule has 2 aliphatic heterocycles. The minimum atomic E-state index is -0.520. The monoisotopic (exact) mass is 546 g/mol. The molecule has 0 radical (unpaired) electrons. The lowest BCUT2D eigenvalue weighted by atomic mass is 10.1. The first-order valence-corrected chi connectivity index (χ1v) is 14.3. The summed E-state index contributed by atoms with van der Waals surface area (Å²) >= 11 is 0. The molecule has 6 rings (SSSR count). The van der Waals surface area contributed by atoms with E-state index >= 15 is 0 Å². The zero-order valence-electron chi connectivity index (χ0n) is 23.5. The van der Waals surface area contributed by atoms with Crippen LogP contribution >= 0.6 is 0 Å². The zero-order chi connectivity index (χ0) is 27.7. The number of carbonyl (C=O) groups excluding carboxylic acids is 1. The van der Waals surface area contributed by atoms with Crippen molar-refractivity contribution in [2.45, 2.75) is 77.2 Å². The van der Waals surface area contributed by atoms with Gasteiger partial charge in [0, 0.05) is 32.7 Å². The van der Waals surface area contributed by atoms with Crippen molar-refractivity contribution in [2.24, 2.45) is 0 Å². The van der Waals surface area contributed by atoms with Crippen LogP contribution in [0.4, 0.5) is 10.6 Å². The van der Waals surface area contributed by atoms with E-state index in [1.54, 1.807) is 12.7 Å². The summed E-state index contributed by atoms with van der Waals surface area (Å²) in [4.78, 5) is 33.3. The highest BCUT2D eigenvalue weighted by atomic mass is 16.6. The summed E-state index contributed by atoms with van der Waals surface area (Å²) in [6.45, 7) is 8.41. The van der Waals surface area contributed by atoms with Crippen LogP contribution in [0.15, 0.2) is 36.9 Å². The third kappa shape index (κ3) is 5.47. The summed E-state index contributed by atoms with van der Waals surface area (Å²) in [5.74, 6) is 1.69. The molecule has 1 amide bonds. The molecule has 0 bridgehead atoms. The van der Waals surface area contributed by atoms with Gasteiger partial charge in [0.15, 0.2) is 17.0 Å². The molecule has 4 aromatic rings. The maximum atomic E-state index is 12.9. The Morgan fingerprint density at radius 1 is 1.12 bits per heavy atom. The van der Waals surface area contributed by atoms with Gasteiger partial charge in [-0.25, -0.2) is 24.7 Å². The van der Waals surface area contributed by atoms with Crippen LogP contribution in [-0.2, 0) is 15.9 Å². The third-order valence-corrected chi connectivity index (χ3v) is 7.55. The van der Waals surface area contributed by atoms with Crippen LogP contribution in [0.2, 0.25) is 0 Å². The molecule has 0 saturated carbocycles. The first-order chi connectivity index (χ1) is 19.4. The van der Waals surface area contributed by atoms with Crippen molar-refractivity contribution < 1.29 is 14.3 Å². The molecule has 1 aromatic carbocycles. The topological polar surface area (TPSA) is 112 Å². The SMILES string of the molecule is CC(C)(C)OC(=O)N1CCC[C@@H](n2c(CCNc3ncnc4c3ncn4C3CCCCO3)nc3ccccc32)C1. The minimum absolute atomic E-state index is 0.0304. The number of likely N-dealkylation sites (tertiary alicyclic amines) is 1. The molecule has 212 valence electrons. The number of anilines is 1. The fourth-order valence-corrected chi connectivity index (χ4v) is 5.76. The van der Waals surface area contributed by atoms with Gasteiger partial charge >= 0.3 is 6.09 Å². The van der Waals surface area contributed by atoms with Crippen LogP contribution in [0.5, 0.6) is 0 Å². The number of imidazole rings is 2. The zero-order valence-corrected chi connectivity index (χ0v) is 23.5. The molecule has 1 N–H and O–H groups in total. The maximum Gasteiger partial charge on any atom is 0.410 e. The standard InChI is InChI=1S/C29H38N8O3/c1-29(2,3)40-28(38)35-15-8-9-20(17-35)37-22-11-5-4-10-21(22)34-23(37)13-14-30-26-25-27(32-18-31-26)36(19-33-25)24-12-6-7-16-39-24/h4-5,10-11,18-20,24H,6-9,12-17H2,1-3H3,(H,30,31,32)/t20-,24?/m1/s1. The van der Waals surface area contributed by atoms with E-state index in [1.807, 2.05) is 48.4 Å². The van der Waals surface area contributed by atoms with Gasteiger partial charge in [0.05, 0.1) is 23.4 Å². The molecule has 2 fully saturated rings. The van der Waals surface area contributed by atoms with E-state index in [0.29, 0.717) is 31.9 Å². The van der Waals surface area contributed by atoms with E-state index in [0.717, 1.165) is 66.7 Å². The first-order valence-electron chi connectivity index (χ1n) is 14.3. The number of fused-ring (bicyclic) bond motifs is 2. The largest absolute Gasteiger partial charge is 0.444 e. The highest BCUT2D eigenvalue weighted by molar-refractivity contribution is 5.82. The number of aromatic nitrogens is 6. The normalized spacial score (nSPS) is 20.2. The van der Waals surface area contributed by atoms with E-state index < -0.39 is 5.60 Å². The summed E-state index contributed by atoms with van der Waals surface area (Å²) in [6.07, 6.45) is 8.87. The number of rotatable bonds is 6. The lowest BCUT2D eigenvalue weighted by molar-refractivity contribution is -0.0298. The molecule has 5 heterocycles. The van der Waals surface area contributed by atoms with Crippen molar-refractivity contribution in [3.8, 4) is 0 Å². The second-order valence-electron chi connectivity index (χ2n) is 11.7. The first kappa shape index (κ1) is 26.5. The van der Waals surface area contributed by atoms with Crippen molar-refractivity contribution >= 4 is 34.1 Å². The molecule has 2 atom stereocenters. The van der Waals surface area contributed by atoms with Gasteiger partial charge in [0.25, 0.3) is 0 Å². The Labute approximate surface area is 233 Å². The van der Waals surface area contributed by atoms with Crippen LogP contribution in [0, 0.1) is 0 Å². The molecular weight excluding hydrogens is 508 g/mol. The molecule has 0 spiro atoms. The van der Waals surface area contributed by atoms with Gasteiger partial charge < -0.3 is 24.3 Å². The number of hydrogen-bond donors (Lipinski definition) is 1. The number of piperidine rings is 1. The van der Waals surface area contributed by atoms with Crippen molar-refractivity contribution in [1.29, 1.82) is 0 Å². The third-order valence-electron chi connectivity index (χ3n) is 7.55. The number of nitrogens with one attached hydrogen (secondary N) is 1. The van der Waals surface area contributed by atoms with E-state index in [-0.39, 0.29) is 18.4 Å². The van der Waals surface area contributed by atoms with Crippen LogP contribution in [0.3, 0.4) is 0 Å². The van der Waals surface area contributed by atoms with Crippen molar-refractivity contribution in [1.82, 2.24) is 34.0 Å². The van der Waals surface area contributed by atoms with Crippen molar-refractivity contribution in [3.05, 3.63) is 42.7 Å². The van der Waals surface area contributed by atoms with Crippen LogP contribution in [0.25, 0.3) is 22.2 Å². The number of benzene rings is 1. The van der Waals surface area contributed by atoms with E-state index in [1.165, 1.54) is 0 Å². The Hall–Kier alpha value is -3.73. The number of hydrogen-bond acceptors (Lipinski definition) is 8. The smallest absolute Gasteiger partial charge is 0.410 e. The number of ether oxygens (including phenoxy) is 2. The van der Waals surface area contributed by atoms with E-state index in [2.05, 4.69) is 30.9 Å². The second kappa shape index (κ2) is 11.0. The number of nitrogens with zero attached hydrogens (tertiary/aromatic N) is 7. The molecule has 40 heavy (non-hydrogen) atoms. The number of amides is 1. The Balaban J connectivity index is 1.20. The lowest BCUT2D eigenvalue weighted by Crippen LogP contribution is -2.43. The Bertz CT molecular complexity index is 1480. The highest BCUT2D eigenvalue weighted by Gasteiger charge is 2.30. The predicted octanol–water partition coefficient (Wildman–Crippen LogP) is 5.10. The molecule has 11 heteroatoms. The van der Waals surface area contributed by atoms with Gasteiger partial charge in [-0.2, -0.15) is 0 Å². The summed E-state index contributed by atoms with van der Waals surface area (Å²) in [5, 5.41) is 3.47. The van der Waals surface area contributed by atoms with Gasteiger partial charge in [-0.15, -0.1) is 0 Å². The molecule has 2 saturated heterocycles. The molecule has 11 nitrogen and oxygen atoms in total. The Morgan fingerprint density at radius 2 is 2.00 bits per heavy atom. The lowest BCUT2D eigenvalue weighted by Gasteiger charge is -2.35. The molecule has 0 aliphatic carbocycles. The van der Waals surface area contributed by atoms with Gasteiger partial charge in [-0.3, -0.25) is 4.57 Å². The summed E-state index contributed by atoms with van der Waals surface area (Å²) < 4.78 is 16.0. The van der Waals surface area contributed by atoms with Crippen molar-refractivity contribution in [3.63, 3.8) is 0 Å². The summed E-state index contributed by atoms with van der Waals surface area (Å²) in [5.41, 5.74) is 3.05. The number of para-hydroxylation sites is 2. The fourth-order valence-electron chi connectivity index (χ4n) is 5.76. The average Bonchev–Trinajstić information content (AvgIpc) is 3.55. The summed E-state index contributed by atoms with van der Waals surface area (Å²) in [7, 11) is 0. The van der Waals surface area contributed by atoms with Gasteiger partial charge in [-0.05, 0) is 65.0 Å². The average molecular weight is 547 g/mol. The van der Waals surface area contributed by atoms with E-state index in [4.69, 9.17) is 14.5 Å². The van der Waals surface area contributed by atoms with Gasteiger partial charge in [0.1, 0.15) is 24.0 Å². The van der Waals surface area contributed by atoms with Crippen LogP contribution < -0.4 is 5.32 Å². The second-order valence-corrected chi connectivity index (χ2v) is 11.7. The van der Waals surface area contributed by atoms with Gasteiger partial charge in [-0.1, -0.05) is 12.1 Å². The minimum Gasteiger partial charge on any atom is -0.444 e. The van der Waals surface area contributed by atoms with Crippen LogP contribution in [-0.4, -0.2) is 71.9 Å². The number of carbonyl (C=O) groups is 1. The van der Waals surface area contributed by atoms with E-state index in [9.17, 15) is 4.79 Å². The predicted molar refractivity (Wildman–Crippen MR) is 152 cm³/mol. The van der Waals surface area contributed by atoms with Crippen LogP contribution in [0.1, 0.15) is 71.0 Å². The quantitative estimate of drug-likeness (QED) is 0.355. The molecule has 3 aromatic heterocycles. The maximum absolute atomic E-state index is 12.9. The fraction of sp³-hybridized carbons (Fsp3) is 0.552. The highest BCUT2D eigenvalue weighted by Crippen LogP contribution is 2.30. The van der Waals surface area contributed by atoms with Gasteiger partial charge in [0.2, 0.25) is 0 Å². The van der Waals surface area contributed by atoms with Crippen molar-refractivity contribution in [2.75, 3.05) is 31.6 Å². The molecule has 1 unspecified atom stereocenters.